The molecule has 17 heavy (non-hydrogen) atoms. The number of hydrogen-bond donors (Lipinski definition) is 1. The lowest BCUT2D eigenvalue weighted by atomic mass is 10.2. The number of hydrogen-bond acceptors (Lipinski definition) is 0. The van der Waals surface area contributed by atoms with E-state index in [2.05, 4.69) is 57.3 Å². The van der Waals surface area contributed by atoms with Gasteiger partial charge in [0.25, 0.3) is 0 Å². The maximum atomic E-state index is 2.35. The molecule has 0 aromatic heterocycles. The molecule has 0 bridgehead atoms. The summed E-state index contributed by atoms with van der Waals surface area (Å²) in [6.45, 7) is 8.94. The van der Waals surface area contributed by atoms with Crippen LogP contribution >= 0.6 is 0 Å². The van der Waals surface area contributed by atoms with E-state index in [4.69, 9.17) is 0 Å². The third-order valence-electron chi connectivity index (χ3n) is 2.62. The smallest absolute Gasteiger partial charge is 0.107 e. The van der Waals surface area contributed by atoms with E-state index in [1.54, 1.807) is 4.90 Å². The maximum Gasteiger partial charge on any atom is 0.107 e. The van der Waals surface area contributed by atoms with Gasteiger partial charge in [0.2, 0.25) is 0 Å². The van der Waals surface area contributed by atoms with Gasteiger partial charge in [-0.05, 0) is 25.8 Å². The Morgan fingerprint density at radius 1 is 1.18 bits per heavy atom. The van der Waals surface area contributed by atoms with Crippen LogP contribution in [-0.2, 0) is 6.54 Å². The highest BCUT2D eigenvalue weighted by Gasteiger charge is 2.05. The predicted molar refractivity (Wildman–Crippen MR) is 70.3 cm³/mol. The highest BCUT2D eigenvalue weighted by molar-refractivity contribution is 5.13. The second-order valence-corrected chi connectivity index (χ2v) is 4.65. The second kappa shape index (κ2) is 9.26. The van der Waals surface area contributed by atoms with Gasteiger partial charge in [0.15, 0.2) is 0 Å². The number of quaternary nitrogens is 1. The topological polar surface area (TPSA) is 4.44 Å². The fourth-order valence-electron chi connectivity index (χ4n) is 1.88. The lowest BCUT2D eigenvalue weighted by Gasteiger charge is -2.15. The SMILES string of the molecule is CCCC[NH+](C=C(C)C)Cc1ccccc1.[Cl-]. The molecular formula is C15H24ClN. The standard InChI is InChI=1S/C15H23N.ClH/c1-4-5-11-16(12-14(2)3)13-15-9-7-6-8-10-15;/h6-10,12H,4-5,11,13H2,1-3H3;1H. The molecule has 2 heteroatoms. The first kappa shape index (κ1) is 16.2. The molecule has 1 atom stereocenters. The Labute approximate surface area is 112 Å². The average Bonchev–Trinajstić information content (AvgIpc) is 2.26. The van der Waals surface area contributed by atoms with E-state index in [0.717, 1.165) is 6.54 Å². The van der Waals surface area contributed by atoms with E-state index in [0.29, 0.717) is 0 Å². The minimum atomic E-state index is 0. The van der Waals surface area contributed by atoms with E-state index in [-0.39, 0.29) is 12.4 Å². The van der Waals surface area contributed by atoms with Crippen molar-refractivity contribution in [1.29, 1.82) is 0 Å². The Morgan fingerprint density at radius 3 is 2.35 bits per heavy atom. The van der Waals surface area contributed by atoms with Crippen LogP contribution in [0.2, 0.25) is 0 Å². The van der Waals surface area contributed by atoms with Crippen molar-refractivity contribution in [2.24, 2.45) is 0 Å². The summed E-state index contributed by atoms with van der Waals surface area (Å²) in [4.78, 5) is 1.56. The Hall–Kier alpha value is -0.790. The molecule has 0 fully saturated rings. The number of halogens is 1. The van der Waals surface area contributed by atoms with Crippen LogP contribution in [0.15, 0.2) is 42.1 Å². The van der Waals surface area contributed by atoms with Gasteiger partial charge in [-0.2, -0.15) is 0 Å². The second-order valence-electron chi connectivity index (χ2n) is 4.65. The van der Waals surface area contributed by atoms with Crippen molar-refractivity contribution in [2.45, 2.75) is 40.2 Å². The van der Waals surface area contributed by atoms with Crippen LogP contribution < -0.4 is 17.3 Å². The Bertz CT molecular complexity index is 315. The van der Waals surface area contributed by atoms with Crippen LogP contribution in [0.25, 0.3) is 0 Å². The van der Waals surface area contributed by atoms with Crippen LogP contribution in [0.4, 0.5) is 0 Å². The Kier molecular flexibility index (Phi) is 8.83. The summed E-state index contributed by atoms with van der Waals surface area (Å²) in [5, 5.41) is 0. The van der Waals surface area contributed by atoms with Gasteiger partial charge in [0.05, 0.1) is 12.7 Å². The zero-order valence-corrected chi connectivity index (χ0v) is 11.9. The third-order valence-corrected chi connectivity index (χ3v) is 2.62. The minimum Gasteiger partial charge on any atom is -1.00 e. The maximum absolute atomic E-state index is 2.35. The average molecular weight is 254 g/mol. The van der Waals surface area contributed by atoms with Crippen molar-refractivity contribution in [3.8, 4) is 0 Å². The minimum absolute atomic E-state index is 0. The van der Waals surface area contributed by atoms with E-state index in [9.17, 15) is 0 Å². The molecule has 96 valence electrons. The zero-order valence-electron chi connectivity index (χ0n) is 11.2. The molecule has 0 saturated heterocycles. The molecule has 1 nitrogen and oxygen atoms in total. The monoisotopic (exact) mass is 253 g/mol. The van der Waals surface area contributed by atoms with Crippen LogP contribution in [0, 0.1) is 0 Å². The summed E-state index contributed by atoms with van der Waals surface area (Å²) < 4.78 is 0. The number of rotatable bonds is 6. The molecule has 0 heterocycles. The van der Waals surface area contributed by atoms with Gasteiger partial charge in [-0.1, -0.05) is 43.7 Å². The highest BCUT2D eigenvalue weighted by Crippen LogP contribution is 1.96. The van der Waals surface area contributed by atoms with Crippen molar-refractivity contribution in [3.63, 3.8) is 0 Å². The quantitative estimate of drug-likeness (QED) is 0.716. The molecule has 0 radical (unpaired) electrons. The Balaban J connectivity index is 0.00000256. The number of allylic oxidation sites excluding steroid dienone is 1. The van der Waals surface area contributed by atoms with Gasteiger partial charge in [0.1, 0.15) is 6.54 Å². The number of benzene rings is 1. The van der Waals surface area contributed by atoms with Crippen LogP contribution in [0.1, 0.15) is 39.2 Å². The molecule has 1 N–H and O–H groups in total. The molecule has 1 rings (SSSR count). The molecule has 1 aromatic rings. The molecule has 0 aliphatic heterocycles. The van der Waals surface area contributed by atoms with Crippen LogP contribution in [0.5, 0.6) is 0 Å². The van der Waals surface area contributed by atoms with Gasteiger partial charge < -0.3 is 17.3 Å². The van der Waals surface area contributed by atoms with Gasteiger partial charge in [0, 0.05) is 5.56 Å². The fraction of sp³-hybridized carbons (Fsp3) is 0.467. The predicted octanol–water partition coefficient (Wildman–Crippen LogP) is -0.201. The first-order valence-electron chi connectivity index (χ1n) is 6.26. The summed E-state index contributed by atoms with van der Waals surface area (Å²) in [7, 11) is 0. The number of nitrogens with one attached hydrogen (secondary N) is 1. The molecular weight excluding hydrogens is 230 g/mol. The third kappa shape index (κ3) is 7.19. The number of unbranched alkanes of at least 4 members (excludes halogenated alkanes) is 1. The first-order valence-corrected chi connectivity index (χ1v) is 6.26. The normalized spacial score (nSPS) is 11.5. The summed E-state index contributed by atoms with van der Waals surface area (Å²) in [5.41, 5.74) is 2.83. The van der Waals surface area contributed by atoms with Crippen molar-refractivity contribution in [2.75, 3.05) is 6.54 Å². The van der Waals surface area contributed by atoms with Gasteiger partial charge in [-0.3, -0.25) is 0 Å². The molecule has 0 spiro atoms. The van der Waals surface area contributed by atoms with Crippen LogP contribution in [-0.4, -0.2) is 6.54 Å². The highest BCUT2D eigenvalue weighted by atomic mass is 35.5. The van der Waals surface area contributed by atoms with Gasteiger partial charge in [-0.25, -0.2) is 0 Å². The Morgan fingerprint density at radius 2 is 1.82 bits per heavy atom. The molecule has 1 unspecified atom stereocenters. The molecule has 0 amide bonds. The van der Waals surface area contributed by atoms with E-state index in [1.807, 2.05) is 0 Å². The van der Waals surface area contributed by atoms with E-state index in [1.165, 1.54) is 30.5 Å². The zero-order chi connectivity index (χ0) is 11.8. The van der Waals surface area contributed by atoms with Crippen molar-refractivity contribution in [3.05, 3.63) is 47.7 Å². The summed E-state index contributed by atoms with van der Waals surface area (Å²) in [5.74, 6) is 0. The first-order chi connectivity index (χ1) is 7.72. The summed E-state index contributed by atoms with van der Waals surface area (Å²) in [6, 6.07) is 10.7. The van der Waals surface area contributed by atoms with Gasteiger partial charge in [-0.15, -0.1) is 0 Å². The fourth-order valence-corrected chi connectivity index (χ4v) is 1.88. The molecule has 0 aliphatic carbocycles. The van der Waals surface area contributed by atoms with Crippen LogP contribution in [0.3, 0.4) is 0 Å². The van der Waals surface area contributed by atoms with E-state index >= 15 is 0 Å². The van der Waals surface area contributed by atoms with Gasteiger partial charge >= 0.3 is 0 Å². The summed E-state index contributed by atoms with van der Waals surface area (Å²) in [6.07, 6.45) is 4.92. The molecule has 0 aliphatic rings. The largest absolute Gasteiger partial charge is 1.00 e. The van der Waals surface area contributed by atoms with E-state index < -0.39 is 0 Å². The van der Waals surface area contributed by atoms with Crippen molar-refractivity contribution >= 4 is 0 Å². The molecule has 0 saturated carbocycles. The lowest BCUT2D eigenvalue weighted by molar-refractivity contribution is -0.862. The van der Waals surface area contributed by atoms with Crippen molar-refractivity contribution < 1.29 is 17.3 Å². The summed E-state index contributed by atoms with van der Waals surface area (Å²) >= 11 is 0. The van der Waals surface area contributed by atoms with Crippen molar-refractivity contribution in [1.82, 2.24) is 0 Å². The molecule has 1 aromatic carbocycles. The lowest BCUT2D eigenvalue weighted by Crippen LogP contribution is -3.06.